The molecule has 2 amide bonds. The zero-order valence-electron chi connectivity index (χ0n) is 11.7. The highest BCUT2D eigenvalue weighted by molar-refractivity contribution is 7.93. The first-order chi connectivity index (χ1) is 10.1. The Morgan fingerprint density at radius 1 is 1.10 bits per heavy atom. The van der Waals surface area contributed by atoms with E-state index in [1.54, 1.807) is 17.1 Å². The molecule has 1 aromatic rings. The van der Waals surface area contributed by atoms with E-state index in [0.717, 1.165) is 43.3 Å². The molecule has 0 unspecified atom stereocenters. The second kappa shape index (κ2) is 7.24. The highest BCUT2D eigenvalue weighted by Gasteiger charge is 2.15. The number of sulfonamides is 1. The van der Waals surface area contributed by atoms with E-state index in [1.807, 2.05) is 22.9 Å². The Morgan fingerprint density at radius 3 is 2.43 bits per heavy atom. The fraction of sp³-hybridized carbons (Fsp3) is 0.357. The number of benzene rings is 1. The van der Waals surface area contributed by atoms with Crippen molar-refractivity contribution in [2.75, 3.05) is 13.1 Å². The van der Waals surface area contributed by atoms with E-state index in [4.69, 9.17) is 0 Å². The molecule has 7 heteroatoms. The van der Waals surface area contributed by atoms with Crippen LogP contribution >= 0.6 is 0 Å². The molecule has 21 heavy (non-hydrogen) atoms. The molecular weight excluding hydrogens is 290 g/mol. The summed E-state index contributed by atoms with van der Waals surface area (Å²) in [7, 11) is -3.80. The van der Waals surface area contributed by atoms with Gasteiger partial charge in [-0.05, 0) is 24.5 Å². The lowest BCUT2D eigenvalue weighted by molar-refractivity contribution is 0.158. The van der Waals surface area contributed by atoms with Gasteiger partial charge in [0.25, 0.3) is 10.0 Å². The number of carbonyl (C=O) groups is 1. The molecular formula is C14H19N3O3S. The number of amides is 2. The third kappa shape index (κ3) is 5.57. The number of hydrogen-bond donors (Lipinski definition) is 2. The van der Waals surface area contributed by atoms with Gasteiger partial charge in [0.15, 0.2) is 0 Å². The Balaban J connectivity index is 1.88. The van der Waals surface area contributed by atoms with E-state index in [-0.39, 0.29) is 0 Å². The lowest BCUT2D eigenvalue weighted by atomic mass is 10.2. The normalized spacial score (nSPS) is 16.8. The van der Waals surface area contributed by atoms with Gasteiger partial charge in [0.05, 0.1) is 5.41 Å². The molecule has 1 aliphatic rings. The maximum absolute atomic E-state index is 11.8. The predicted octanol–water partition coefficient (Wildman–Crippen LogP) is 1.69. The molecule has 0 atom stereocenters. The summed E-state index contributed by atoms with van der Waals surface area (Å²) >= 11 is 0. The van der Waals surface area contributed by atoms with Crippen LogP contribution in [0.2, 0.25) is 0 Å². The lowest BCUT2D eigenvalue weighted by Crippen LogP contribution is -2.50. The molecule has 1 fully saturated rings. The summed E-state index contributed by atoms with van der Waals surface area (Å²) in [6, 6.07) is 8.29. The Labute approximate surface area is 124 Å². The largest absolute Gasteiger partial charge is 0.343 e. The molecule has 1 saturated heterocycles. The highest BCUT2D eigenvalue weighted by atomic mass is 32.2. The third-order valence-electron chi connectivity index (χ3n) is 3.09. The molecule has 0 spiro atoms. The molecule has 2 N–H and O–H groups in total. The summed E-state index contributed by atoms with van der Waals surface area (Å²) in [5.41, 5.74) is 3.29. The molecule has 6 nitrogen and oxygen atoms in total. The van der Waals surface area contributed by atoms with Gasteiger partial charge in [-0.3, -0.25) is 5.43 Å². The van der Waals surface area contributed by atoms with Crippen molar-refractivity contribution < 1.29 is 13.2 Å². The van der Waals surface area contributed by atoms with Gasteiger partial charge in [-0.1, -0.05) is 36.8 Å². The van der Waals surface area contributed by atoms with Gasteiger partial charge >= 0.3 is 6.03 Å². The molecule has 1 aliphatic heterocycles. The van der Waals surface area contributed by atoms with Crippen molar-refractivity contribution in [3.8, 4) is 0 Å². The number of nitrogens with zero attached hydrogens (tertiary/aromatic N) is 1. The number of piperidine rings is 1. The fourth-order valence-corrected chi connectivity index (χ4v) is 2.78. The van der Waals surface area contributed by atoms with Crippen molar-refractivity contribution >= 4 is 22.1 Å². The van der Waals surface area contributed by atoms with Gasteiger partial charge in [0.2, 0.25) is 0 Å². The van der Waals surface area contributed by atoms with E-state index in [2.05, 4.69) is 5.43 Å². The average molecular weight is 309 g/mol. The highest BCUT2D eigenvalue weighted by Crippen LogP contribution is 2.06. The second-order valence-electron chi connectivity index (χ2n) is 4.85. The minimum Gasteiger partial charge on any atom is -0.270 e. The number of nitrogens with one attached hydrogen (secondary N) is 2. The van der Waals surface area contributed by atoms with Crippen LogP contribution in [-0.4, -0.2) is 32.5 Å². The molecule has 0 aromatic heterocycles. The molecule has 1 aromatic carbocycles. The van der Waals surface area contributed by atoms with Crippen LogP contribution in [0.25, 0.3) is 6.08 Å². The first-order valence-electron chi connectivity index (χ1n) is 6.87. The van der Waals surface area contributed by atoms with Crippen LogP contribution in [0.15, 0.2) is 35.7 Å². The Morgan fingerprint density at radius 2 is 1.76 bits per heavy atom. The average Bonchev–Trinajstić information content (AvgIpc) is 2.47. The van der Waals surface area contributed by atoms with Crippen LogP contribution < -0.4 is 10.1 Å². The smallest absolute Gasteiger partial charge is 0.270 e. The summed E-state index contributed by atoms with van der Waals surface area (Å²) < 4.78 is 25.5. The first-order valence-corrected chi connectivity index (χ1v) is 8.41. The van der Waals surface area contributed by atoms with Gasteiger partial charge in [0.1, 0.15) is 0 Å². The van der Waals surface area contributed by atoms with Gasteiger partial charge in [0, 0.05) is 13.1 Å². The maximum Gasteiger partial charge on any atom is 0.343 e. The van der Waals surface area contributed by atoms with Crippen molar-refractivity contribution in [3.63, 3.8) is 0 Å². The van der Waals surface area contributed by atoms with Crippen LogP contribution in [0, 0.1) is 0 Å². The number of urea groups is 1. The summed E-state index contributed by atoms with van der Waals surface area (Å²) in [5.74, 6) is 0. The van der Waals surface area contributed by atoms with E-state index >= 15 is 0 Å². The van der Waals surface area contributed by atoms with Gasteiger partial charge in [-0.2, -0.15) is 0 Å². The van der Waals surface area contributed by atoms with E-state index in [1.165, 1.54) is 6.08 Å². The van der Waals surface area contributed by atoms with Crippen molar-refractivity contribution in [3.05, 3.63) is 41.3 Å². The summed E-state index contributed by atoms with van der Waals surface area (Å²) in [4.78, 5) is 11.7. The molecule has 0 saturated carbocycles. The molecule has 114 valence electrons. The minimum absolute atomic E-state index is 0.727. The quantitative estimate of drug-likeness (QED) is 0.887. The Hall–Kier alpha value is -1.86. The van der Waals surface area contributed by atoms with E-state index < -0.39 is 16.1 Å². The van der Waals surface area contributed by atoms with Crippen molar-refractivity contribution in [2.45, 2.75) is 19.3 Å². The SMILES string of the molecule is O=C(NN1CCCCC1)NS(=O)(=O)C=Cc1ccccc1. The molecule has 0 radical (unpaired) electrons. The first kappa shape index (κ1) is 15.5. The van der Waals surface area contributed by atoms with E-state index in [0.29, 0.717) is 0 Å². The van der Waals surface area contributed by atoms with Crippen LogP contribution in [0.3, 0.4) is 0 Å². The van der Waals surface area contributed by atoms with Crippen molar-refractivity contribution in [2.24, 2.45) is 0 Å². The van der Waals surface area contributed by atoms with Gasteiger partial charge in [-0.25, -0.2) is 22.9 Å². The third-order valence-corrected chi connectivity index (χ3v) is 4.05. The summed E-state index contributed by atoms with van der Waals surface area (Å²) in [6.45, 7) is 1.49. The van der Waals surface area contributed by atoms with Crippen LogP contribution in [0.4, 0.5) is 4.79 Å². The minimum atomic E-state index is -3.80. The number of rotatable bonds is 4. The van der Waals surface area contributed by atoms with Crippen molar-refractivity contribution in [1.82, 2.24) is 15.2 Å². The summed E-state index contributed by atoms with van der Waals surface area (Å²) in [6.07, 6.45) is 4.58. The van der Waals surface area contributed by atoms with Crippen LogP contribution in [0.1, 0.15) is 24.8 Å². The fourth-order valence-electron chi connectivity index (χ4n) is 2.07. The molecule has 0 bridgehead atoms. The van der Waals surface area contributed by atoms with Gasteiger partial charge < -0.3 is 0 Å². The predicted molar refractivity (Wildman–Crippen MR) is 81.5 cm³/mol. The van der Waals surface area contributed by atoms with Gasteiger partial charge in [-0.15, -0.1) is 0 Å². The van der Waals surface area contributed by atoms with Crippen LogP contribution in [0.5, 0.6) is 0 Å². The Bertz CT molecular complexity index is 593. The maximum atomic E-state index is 11.8. The second-order valence-corrected chi connectivity index (χ2v) is 6.42. The van der Waals surface area contributed by atoms with Crippen LogP contribution in [-0.2, 0) is 10.0 Å². The molecule has 0 aliphatic carbocycles. The summed E-state index contributed by atoms with van der Waals surface area (Å²) in [5, 5.41) is 2.72. The molecule has 2 rings (SSSR count). The standard InChI is InChI=1S/C14H19N3O3S/c18-14(15-17-10-5-2-6-11-17)16-21(19,20)12-9-13-7-3-1-4-8-13/h1,3-4,7-9,12H,2,5-6,10-11H2,(H2,15,16,18). The van der Waals surface area contributed by atoms with E-state index in [9.17, 15) is 13.2 Å². The topological polar surface area (TPSA) is 78.5 Å². The number of carbonyl (C=O) groups excluding carboxylic acids is 1. The number of hydrazine groups is 1. The zero-order valence-corrected chi connectivity index (χ0v) is 12.5. The lowest BCUT2D eigenvalue weighted by Gasteiger charge is -2.26. The monoisotopic (exact) mass is 309 g/mol. The Kier molecular flexibility index (Phi) is 5.35. The number of hydrogen-bond acceptors (Lipinski definition) is 4. The zero-order chi connectivity index (χ0) is 15.1. The van der Waals surface area contributed by atoms with Crippen molar-refractivity contribution in [1.29, 1.82) is 0 Å². The molecule has 1 heterocycles.